The molecule has 19 heavy (non-hydrogen) atoms. The van der Waals surface area contributed by atoms with Crippen molar-refractivity contribution in [2.75, 3.05) is 0 Å². The maximum Gasteiger partial charge on any atom is 0.308 e. The normalized spacial score (nSPS) is 13.7. The van der Waals surface area contributed by atoms with Gasteiger partial charge in [-0.25, -0.2) is 4.39 Å². The first-order valence-corrected chi connectivity index (χ1v) is 6.15. The van der Waals surface area contributed by atoms with Gasteiger partial charge in [-0.3, -0.25) is 9.59 Å². The van der Waals surface area contributed by atoms with E-state index in [1.165, 1.54) is 25.1 Å². The average Bonchev–Trinajstić information content (AvgIpc) is 2.32. The number of benzene rings is 1. The second kappa shape index (κ2) is 6.52. The van der Waals surface area contributed by atoms with Crippen LogP contribution in [0.4, 0.5) is 4.39 Å². The molecule has 1 rings (SSSR count). The van der Waals surface area contributed by atoms with E-state index >= 15 is 0 Å². The van der Waals surface area contributed by atoms with Gasteiger partial charge >= 0.3 is 5.97 Å². The molecule has 0 saturated carbocycles. The zero-order valence-electron chi connectivity index (χ0n) is 10.6. The maximum atomic E-state index is 13.5. The zero-order valence-corrected chi connectivity index (χ0v) is 11.4. The lowest BCUT2D eigenvalue weighted by atomic mass is 10.0. The first kappa shape index (κ1) is 15.4. The van der Waals surface area contributed by atoms with Crippen molar-refractivity contribution in [3.8, 4) is 0 Å². The van der Waals surface area contributed by atoms with Gasteiger partial charge in [0, 0.05) is 16.6 Å². The van der Waals surface area contributed by atoms with Gasteiger partial charge in [0.2, 0.25) is 5.91 Å². The molecule has 0 fully saturated rings. The van der Waals surface area contributed by atoms with Crippen LogP contribution in [0, 0.1) is 11.7 Å². The molecule has 6 heteroatoms. The highest BCUT2D eigenvalue weighted by molar-refractivity contribution is 6.31. The zero-order chi connectivity index (χ0) is 14.6. The Morgan fingerprint density at radius 2 is 2.05 bits per heavy atom. The molecule has 1 amide bonds. The van der Waals surface area contributed by atoms with Crippen LogP contribution in [0.3, 0.4) is 0 Å². The van der Waals surface area contributed by atoms with Gasteiger partial charge in [-0.15, -0.1) is 0 Å². The Hall–Kier alpha value is -1.62. The molecule has 0 aliphatic heterocycles. The van der Waals surface area contributed by atoms with Crippen LogP contribution in [0.15, 0.2) is 18.2 Å². The molecular formula is C13H15ClFNO3. The van der Waals surface area contributed by atoms with Gasteiger partial charge < -0.3 is 10.4 Å². The summed E-state index contributed by atoms with van der Waals surface area (Å²) in [6, 6.07) is 3.62. The third-order valence-corrected chi connectivity index (χ3v) is 3.28. The summed E-state index contributed by atoms with van der Waals surface area (Å²) in [6.45, 7) is 3.07. The number of aliphatic carboxylic acids is 1. The molecule has 4 nitrogen and oxygen atoms in total. The predicted octanol–water partition coefficient (Wildman–Crippen LogP) is 2.25. The van der Waals surface area contributed by atoms with Crippen molar-refractivity contribution in [3.63, 3.8) is 0 Å². The monoisotopic (exact) mass is 287 g/mol. The number of nitrogens with one attached hydrogen (secondary N) is 1. The van der Waals surface area contributed by atoms with E-state index in [-0.39, 0.29) is 17.0 Å². The molecule has 1 aromatic rings. The lowest BCUT2D eigenvalue weighted by molar-refractivity contribution is -0.142. The van der Waals surface area contributed by atoms with E-state index in [9.17, 15) is 14.0 Å². The van der Waals surface area contributed by atoms with Crippen LogP contribution in [0.25, 0.3) is 0 Å². The average molecular weight is 288 g/mol. The van der Waals surface area contributed by atoms with E-state index in [2.05, 4.69) is 5.32 Å². The molecule has 0 spiro atoms. The molecule has 104 valence electrons. The summed E-state index contributed by atoms with van der Waals surface area (Å²) in [6.07, 6.45) is -0.220. The summed E-state index contributed by atoms with van der Waals surface area (Å²) in [5, 5.41) is 11.5. The molecule has 0 aliphatic carbocycles. The van der Waals surface area contributed by atoms with Crippen LogP contribution in [-0.4, -0.2) is 23.0 Å². The Balaban J connectivity index is 2.68. The predicted molar refractivity (Wildman–Crippen MR) is 69.5 cm³/mol. The SMILES string of the molecule is CC(NC(=O)Cc1c(F)cccc1Cl)C(C)C(=O)O. The molecule has 0 aliphatic rings. The van der Waals surface area contributed by atoms with Crippen molar-refractivity contribution < 1.29 is 19.1 Å². The van der Waals surface area contributed by atoms with Gasteiger partial charge in [0.25, 0.3) is 0 Å². The van der Waals surface area contributed by atoms with E-state index in [4.69, 9.17) is 16.7 Å². The third kappa shape index (κ3) is 4.21. The Labute approximate surface area is 115 Å². The van der Waals surface area contributed by atoms with Crippen molar-refractivity contribution in [1.29, 1.82) is 0 Å². The topological polar surface area (TPSA) is 66.4 Å². The smallest absolute Gasteiger partial charge is 0.308 e. The van der Waals surface area contributed by atoms with E-state index in [1.807, 2.05) is 0 Å². The fourth-order valence-corrected chi connectivity index (χ4v) is 1.74. The highest BCUT2D eigenvalue weighted by Crippen LogP contribution is 2.19. The first-order valence-electron chi connectivity index (χ1n) is 5.78. The molecule has 0 bridgehead atoms. The van der Waals surface area contributed by atoms with Crippen LogP contribution in [-0.2, 0) is 16.0 Å². The largest absolute Gasteiger partial charge is 0.481 e. The van der Waals surface area contributed by atoms with Gasteiger partial charge in [0.05, 0.1) is 12.3 Å². The van der Waals surface area contributed by atoms with E-state index in [0.717, 1.165) is 0 Å². The Kier molecular flexibility index (Phi) is 5.30. The molecule has 0 radical (unpaired) electrons. The van der Waals surface area contributed by atoms with Gasteiger partial charge in [0.15, 0.2) is 0 Å². The summed E-state index contributed by atoms with van der Waals surface area (Å²) >= 11 is 5.81. The number of rotatable bonds is 5. The molecule has 1 aromatic carbocycles. The number of halogens is 2. The quantitative estimate of drug-likeness (QED) is 0.873. The van der Waals surface area contributed by atoms with Gasteiger partial charge in [0.1, 0.15) is 5.82 Å². The van der Waals surface area contributed by atoms with Crippen LogP contribution < -0.4 is 5.32 Å². The molecule has 0 aromatic heterocycles. The summed E-state index contributed by atoms with van der Waals surface area (Å²) in [5.74, 6) is -2.74. The Morgan fingerprint density at radius 1 is 1.42 bits per heavy atom. The highest BCUT2D eigenvalue weighted by atomic mass is 35.5. The second-order valence-electron chi connectivity index (χ2n) is 4.36. The number of carboxylic acid groups (broad SMARTS) is 1. The molecule has 0 saturated heterocycles. The van der Waals surface area contributed by atoms with E-state index in [0.29, 0.717) is 0 Å². The Morgan fingerprint density at radius 3 is 2.58 bits per heavy atom. The van der Waals surface area contributed by atoms with Crippen LogP contribution in [0.1, 0.15) is 19.4 Å². The van der Waals surface area contributed by atoms with E-state index in [1.54, 1.807) is 6.92 Å². The number of hydrogen-bond acceptors (Lipinski definition) is 2. The fraction of sp³-hybridized carbons (Fsp3) is 0.385. The van der Waals surface area contributed by atoms with E-state index < -0.39 is 29.7 Å². The van der Waals surface area contributed by atoms with Crippen molar-refractivity contribution in [1.82, 2.24) is 5.32 Å². The van der Waals surface area contributed by atoms with Crippen molar-refractivity contribution in [2.24, 2.45) is 5.92 Å². The van der Waals surface area contributed by atoms with Gasteiger partial charge in [-0.05, 0) is 26.0 Å². The minimum Gasteiger partial charge on any atom is -0.481 e. The minimum atomic E-state index is -1.00. The molecular weight excluding hydrogens is 273 g/mol. The van der Waals surface area contributed by atoms with Crippen LogP contribution in [0.5, 0.6) is 0 Å². The summed E-state index contributed by atoms with van der Waals surface area (Å²) in [4.78, 5) is 22.5. The van der Waals surface area contributed by atoms with Gasteiger partial charge in [-0.1, -0.05) is 17.7 Å². The molecule has 0 heterocycles. The number of carboxylic acids is 1. The first-order chi connectivity index (χ1) is 8.82. The number of carbonyl (C=O) groups excluding carboxylic acids is 1. The number of hydrogen-bond donors (Lipinski definition) is 2. The highest BCUT2D eigenvalue weighted by Gasteiger charge is 2.21. The van der Waals surface area contributed by atoms with Crippen molar-refractivity contribution >= 4 is 23.5 Å². The number of carbonyl (C=O) groups is 2. The van der Waals surface area contributed by atoms with Crippen molar-refractivity contribution in [3.05, 3.63) is 34.6 Å². The Bertz CT molecular complexity index is 473. The molecule has 2 unspecified atom stereocenters. The summed E-state index contributed by atoms with van der Waals surface area (Å²) in [7, 11) is 0. The van der Waals surface area contributed by atoms with Gasteiger partial charge in [-0.2, -0.15) is 0 Å². The lowest BCUT2D eigenvalue weighted by Crippen LogP contribution is -2.40. The molecule has 2 atom stereocenters. The summed E-state index contributed by atoms with van der Waals surface area (Å²) in [5.41, 5.74) is 0.108. The van der Waals surface area contributed by atoms with Crippen LogP contribution in [0.2, 0.25) is 5.02 Å². The minimum absolute atomic E-state index is 0.108. The number of amides is 1. The van der Waals surface area contributed by atoms with Crippen molar-refractivity contribution in [2.45, 2.75) is 26.3 Å². The third-order valence-electron chi connectivity index (χ3n) is 2.93. The second-order valence-corrected chi connectivity index (χ2v) is 4.77. The standard InChI is InChI=1S/C13H15ClFNO3/c1-7(13(18)19)8(2)16-12(17)6-9-10(14)4-3-5-11(9)15/h3-5,7-8H,6H2,1-2H3,(H,16,17)(H,18,19). The van der Waals surface area contributed by atoms with Crippen LogP contribution >= 0.6 is 11.6 Å². The fourth-order valence-electron chi connectivity index (χ4n) is 1.51. The summed E-state index contributed by atoms with van der Waals surface area (Å²) < 4.78 is 13.5. The lowest BCUT2D eigenvalue weighted by Gasteiger charge is -2.18. The molecule has 2 N–H and O–H groups in total. The maximum absolute atomic E-state index is 13.5.